The number of rotatable bonds is 3. The topological polar surface area (TPSA) is 88.5 Å². The van der Waals surface area contributed by atoms with Gasteiger partial charge in [0.25, 0.3) is 12.0 Å². The third kappa shape index (κ3) is 2.33. The Balaban J connectivity index is 1.95. The summed E-state index contributed by atoms with van der Waals surface area (Å²) in [6, 6.07) is 7.52. The van der Waals surface area contributed by atoms with Crippen molar-refractivity contribution in [2.45, 2.75) is 6.54 Å². The van der Waals surface area contributed by atoms with Gasteiger partial charge in [0, 0.05) is 5.10 Å². The van der Waals surface area contributed by atoms with Gasteiger partial charge in [-0.25, -0.2) is 19.7 Å². The lowest BCUT2D eigenvalue weighted by Crippen LogP contribution is -2.30. The molecular weight excluding hydrogens is 376 g/mol. The second-order valence-corrected chi connectivity index (χ2v) is 5.94. The van der Waals surface area contributed by atoms with E-state index in [1.54, 1.807) is 17.9 Å². The zero-order valence-corrected chi connectivity index (χ0v) is 14.2. The molecule has 24 heavy (non-hydrogen) atoms. The minimum absolute atomic E-state index is 0.286. The van der Waals surface area contributed by atoms with Crippen LogP contribution < -0.4 is 15.4 Å². The van der Waals surface area contributed by atoms with Crippen LogP contribution in [0.25, 0.3) is 16.8 Å². The molecule has 3 heterocycles. The maximum atomic E-state index is 12.8. The lowest BCUT2D eigenvalue weighted by Gasteiger charge is -2.08. The van der Waals surface area contributed by atoms with E-state index in [4.69, 9.17) is 4.74 Å². The Bertz CT molecular complexity index is 1100. The van der Waals surface area contributed by atoms with Gasteiger partial charge in [0.2, 0.25) is 0 Å². The molecule has 1 aromatic carbocycles. The van der Waals surface area contributed by atoms with Gasteiger partial charge in [-0.2, -0.15) is 0 Å². The molecule has 0 aliphatic rings. The van der Waals surface area contributed by atoms with Gasteiger partial charge in [0.05, 0.1) is 19.9 Å². The number of halogens is 1. The molecule has 4 aromatic rings. The molecule has 120 valence electrons. The van der Waals surface area contributed by atoms with Crippen LogP contribution in [0.15, 0.2) is 46.2 Å². The van der Waals surface area contributed by atoms with Crippen molar-refractivity contribution >= 4 is 32.7 Å². The Morgan fingerprint density at radius 2 is 2.08 bits per heavy atom. The maximum Gasteiger partial charge on any atom is 0.425 e. The molecule has 0 saturated heterocycles. The van der Waals surface area contributed by atoms with Gasteiger partial charge in [-0.05, 0) is 38.1 Å². The number of nitrogens with zero attached hydrogens (tertiary/aromatic N) is 5. The number of methoxy groups -OCH3 is 1. The molecule has 0 amide bonds. The average Bonchev–Trinajstić information content (AvgIpc) is 3.09. The van der Waals surface area contributed by atoms with Crippen LogP contribution in [-0.2, 0) is 6.54 Å². The van der Waals surface area contributed by atoms with Crippen molar-refractivity contribution in [2.75, 3.05) is 7.11 Å². The molecule has 0 aliphatic carbocycles. The zero-order chi connectivity index (χ0) is 16.7. The SMILES string of the molecule is COc1ccc(Cn2c(=O)n3nc[nH+]c3c3nc(Br)cnc32)cc1. The number of ether oxygens (including phenoxy) is 1. The number of nitrogens with one attached hydrogen (secondary N) is 1. The van der Waals surface area contributed by atoms with Crippen molar-refractivity contribution in [1.29, 1.82) is 0 Å². The third-order valence-electron chi connectivity index (χ3n) is 3.70. The molecule has 0 bridgehead atoms. The molecule has 0 unspecified atom stereocenters. The standard InChI is InChI=1S/C15H11BrN6O2/c1-24-10-4-2-9(3-5-10)7-21-13-12(20-11(16)6-17-13)14-18-8-19-22(14)15(21)23/h2-6,8H,7H2,1H3/p+1. The largest absolute Gasteiger partial charge is 0.497 e. The van der Waals surface area contributed by atoms with Gasteiger partial charge in [-0.3, -0.25) is 4.57 Å². The van der Waals surface area contributed by atoms with Gasteiger partial charge in [-0.15, -0.1) is 0 Å². The normalized spacial score (nSPS) is 11.2. The number of benzene rings is 1. The quantitative estimate of drug-likeness (QED) is 0.524. The first-order valence-electron chi connectivity index (χ1n) is 7.11. The third-order valence-corrected chi connectivity index (χ3v) is 4.08. The van der Waals surface area contributed by atoms with Crippen molar-refractivity contribution in [2.24, 2.45) is 0 Å². The number of H-pyrrole nitrogens is 1. The summed E-state index contributed by atoms with van der Waals surface area (Å²) in [6.07, 6.45) is 3.02. The van der Waals surface area contributed by atoms with Crippen LogP contribution >= 0.6 is 15.9 Å². The van der Waals surface area contributed by atoms with Crippen LogP contribution in [0.2, 0.25) is 0 Å². The smallest absolute Gasteiger partial charge is 0.425 e. The van der Waals surface area contributed by atoms with Gasteiger partial charge in [0.1, 0.15) is 10.4 Å². The molecule has 0 radical (unpaired) electrons. The zero-order valence-electron chi connectivity index (χ0n) is 12.6. The Morgan fingerprint density at radius 3 is 2.83 bits per heavy atom. The van der Waals surface area contributed by atoms with E-state index < -0.39 is 0 Å². The minimum Gasteiger partial charge on any atom is -0.497 e. The fourth-order valence-corrected chi connectivity index (χ4v) is 2.84. The Morgan fingerprint density at radius 1 is 1.29 bits per heavy atom. The molecule has 0 atom stereocenters. The first-order chi connectivity index (χ1) is 11.7. The summed E-state index contributed by atoms with van der Waals surface area (Å²) in [5, 5.41) is 4.05. The molecule has 4 rings (SSSR count). The summed E-state index contributed by atoms with van der Waals surface area (Å²) in [7, 11) is 1.61. The highest BCUT2D eigenvalue weighted by atomic mass is 79.9. The predicted molar refractivity (Wildman–Crippen MR) is 88.9 cm³/mol. The number of aromatic amines is 1. The Hall–Kier alpha value is -2.81. The molecular formula is C15H12BrN6O2+. The van der Waals surface area contributed by atoms with Crippen molar-refractivity contribution < 1.29 is 9.72 Å². The second kappa shape index (κ2) is 5.68. The first-order valence-corrected chi connectivity index (χ1v) is 7.90. The van der Waals surface area contributed by atoms with Crippen LogP contribution in [0.1, 0.15) is 5.56 Å². The minimum atomic E-state index is -0.286. The van der Waals surface area contributed by atoms with Crippen LogP contribution in [-0.4, -0.2) is 31.3 Å². The molecule has 0 spiro atoms. The highest BCUT2D eigenvalue weighted by Crippen LogP contribution is 2.16. The molecule has 9 heteroatoms. The fourth-order valence-electron chi connectivity index (χ4n) is 2.56. The van der Waals surface area contributed by atoms with E-state index in [-0.39, 0.29) is 5.69 Å². The number of fused-ring (bicyclic) bond motifs is 3. The molecule has 0 saturated carbocycles. The van der Waals surface area contributed by atoms with Gasteiger partial charge >= 0.3 is 5.69 Å². The summed E-state index contributed by atoms with van der Waals surface area (Å²) in [6.45, 7) is 0.353. The van der Waals surface area contributed by atoms with E-state index in [0.29, 0.717) is 28.0 Å². The maximum absolute atomic E-state index is 12.8. The number of aromatic nitrogens is 6. The van der Waals surface area contributed by atoms with Gasteiger partial charge in [-0.1, -0.05) is 12.1 Å². The van der Waals surface area contributed by atoms with Crippen LogP contribution in [0, 0.1) is 0 Å². The van der Waals surface area contributed by atoms with Gasteiger partial charge < -0.3 is 4.74 Å². The van der Waals surface area contributed by atoms with Crippen molar-refractivity contribution in [3.05, 3.63) is 57.4 Å². The summed E-state index contributed by atoms with van der Waals surface area (Å²) in [5.74, 6) is 0.761. The fraction of sp³-hybridized carbons (Fsp3) is 0.133. The predicted octanol–water partition coefficient (Wildman–Crippen LogP) is 1.07. The summed E-state index contributed by atoms with van der Waals surface area (Å²) >= 11 is 3.31. The van der Waals surface area contributed by atoms with E-state index in [1.165, 1.54) is 10.8 Å². The molecule has 8 nitrogen and oxygen atoms in total. The van der Waals surface area contributed by atoms with Crippen LogP contribution in [0.3, 0.4) is 0 Å². The highest BCUT2D eigenvalue weighted by Gasteiger charge is 2.20. The molecule has 0 fully saturated rings. The van der Waals surface area contributed by atoms with E-state index >= 15 is 0 Å². The molecule has 0 aliphatic heterocycles. The van der Waals surface area contributed by atoms with E-state index in [2.05, 4.69) is 36.0 Å². The van der Waals surface area contributed by atoms with E-state index in [0.717, 1.165) is 11.3 Å². The summed E-state index contributed by atoms with van der Waals surface area (Å²) in [4.78, 5) is 24.5. The lowest BCUT2D eigenvalue weighted by molar-refractivity contribution is -0.345. The lowest BCUT2D eigenvalue weighted by atomic mass is 10.2. The first kappa shape index (κ1) is 14.8. The van der Waals surface area contributed by atoms with Crippen molar-refractivity contribution in [1.82, 2.24) is 24.1 Å². The summed E-state index contributed by atoms with van der Waals surface area (Å²) in [5.41, 5.74) is 2.22. The molecule has 3 aromatic heterocycles. The Labute approximate surface area is 143 Å². The second-order valence-electron chi connectivity index (χ2n) is 5.13. The highest BCUT2D eigenvalue weighted by molar-refractivity contribution is 9.10. The Kier molecular flexibility index (Phi) is 3.49. The van der Waals surface area contributed by atoms with Crippen LogP contribution in [0.4, 0.5) is 0 Å². The summed E-state index contributed by atoms with van der Waals surface area (Å²) < 4.78 is 8.57. The van der Waals surface area contributed by atoms with Crippen molar-refractivity contribution in [3.8, 4) is 5.75 Å². The number of hydrogen-bond acceptors (Lipinski definition) is 5. The van der Waals surface area contributed by atoms with E-state index in [9.17, 15) is 4.79 Å². The molecule has 1 N–H and O–H groups in total. The van der Waals surface area contributed by atoms with Crippen molar-refractivity contribution in [3.63, 3.8) is 0 Å². The monoisotopic (exact) mass is 387 g/mol. The van der Waals surface area contributed by atoms with Gasteiger partial charge in [0.15, 0.2) is 11.2 Å². The van der Waals surface area contributed by atoms with Crippen LogP contribution in [0.5, 0.6) is 5.75 Å². The average molecular weight is 388 g/mol. The number of hydrogen-bond donors (Lipinski definition) is 0. The van der Waals surface area contributed by atoms with E-state index in [1.807, 2.05) is 24.3 Å².